The average molecular weight is 280 g/mol. The summed E-state index contributed by atoms with van der Waals surface area (Å²) in [7, 11) is 0. The SMILES string of the molecule is NC(=NC[C@H]1CCCO1)SCCOc1ccccc1. The zero-order valence-electron chi connectivity index (χ0n) is 11.0. The Bertz CT molecular complexity index is 392. The van der Waals surface area contributed by atoms with Gasteiger partial charge in [-0.25, -0.2) is 0 Å². The smallest absolute Gasteiger partial charge is 0.154 e. The van der Waals surface area contributed by atoms with Crippen LogP contribution in [0.2, 0.25) is 0 Å². The number of aliphatic imine (C=N–C) groups is 1. The molecule has 1 aliphatic heterocycles. The van der Waals surface area contributed by atoms with Gasteiger partial charge >= 0.3 is 0 Å². The van der Waals surface area contributed by atoms with Gasteiger partial charge in [0.25, 0.3) is 0 Å². The van der Waals surface area contributed by atoms with Crippen molar-refractivity contribution in [3.8, 4) is 5.75 Å². The minimum Gasteiger partial charge on any atom is -0.493 e. The van der Waals surface area contributed by atoms with Crippen LogP contribution in [-0.4, -0.2) is 36.8 Å². The van der Waals surface area contributed by atoms with Crippen LogP contribution < -0.4 is 10.5 Å². The molecule has 104 valence electrons. The molecule has 19 heavy (non-hydrogen) atoms. The molecule has 2 N–H and O–H groups in total. The van der Waals surface area contributed by atoms with Gasteiger partial charge in [-0.05, 0) is 25.0 Å². The largest absolute Gasteiger partial charge is 0.493 e. The number of benzene rings is 1. The van der Waals surface area contributed by atoms with Gasteiger partial charge in [0.05, 0.1) is 19.3 Å². The molecule has 0 aliphatic carbocycles. The molecular weight excluding hydrogens is 260 g/mol. The lowest BCUT2D eigenvalue weighted by Crippen LogP contribution is -2.15. The van der Waals surface area contributed by atoms with Gasteiger partial charge < -0.3 is 15.2 Å². The first kappa shape index (κ1) is 14.2. The number of amidine groups is 1. The average Bonchev–Trinajstić information content (AvgIpc) is 2.96. The molecule has 0 aromatic heterocycles. The van der Waals surface area contributed by atoms with Gasteiger partial charge in [0.15, 0.2) is 5.17 Å². The monoisotopic (exact) mass is 280 g/mol. The molecule has 0 bridgehead atoms. The maximum atomic E-state index is 5.83. The van der Waals surface area contributed by atoms with E-state index in [0.29, 0.717) is 18.3 Å². The molecule has 2 rings (SSSR count). The fourth-order valence-corrected chi connectivity index (χ4v) is 2.39. The van der Waals surface area contributed by atoms with Crippen molar-refractivity contribution in [3.05, 3.63) is 30.3 Å². The van der Waals surface area contributed by atoms with Crippen LogP contribution in [0.25, 0.3) is 0 Å². The molecule has 1 fully saturated rings. The Morgan fingerprint density at radius 2 is 2.26 bits per heavy atom. The van der Waals surface area contributed by atoms with Crippen LogP contribution in [-0.2, 0) is 4.74 Å². The van der Waals surface area contributed by atoms with Crippen LogP contribution >= 0.6 is 11.8 Å². The fraction of sp³-hybridized carbons (Fsp3) is 0.500. The quantitative estimate of drug-likeness (QED) is 0.493. The number of hydrogen-bond donors (Lipinski definition) is 1. The highest BCUT2D eigenvalue weighted by Crippen LogP contribution is 2.13. The minimum absolute atomic E-state index is 0.264. The Hall–Kier alpha value is -1.20. The predicted octanol–water partition coefficient (Wildman–Crippen LogP) is 2.29. The fourth-order valence-electron chi connectivity index (χ4n) is 1.85. The Morgan fingerprint density at radius 1 is 1.42 bits per heavy atom. The summed E-state index contributed by atoms with van der Waals surface area (Å²) in [4.78, 5) is 4.33. The Morgan fingerprint density at radius 3 is 3.00 bits per heavy atom. The lowest BCUT2D eigenvalue weighted by molar-refractivity contribution is 0.118. The molecule has 1 heterocycles. The van der Waals surface area contributed by atoms with Crippen molar-refractivity contribution in [1.29, 1.82) is 0 Å². The number of ether oxygens (including phenoxy) is 2. The van der Waals surface area contributed by atoms with E-state index in [0.717, 1.165) is 31.0 Å². The van der Waals surface area contributed by atoms with E-state index in [2.05, 4.69) is 4.99 Å². The van der Waals surface area contributed by atoms with Crippen LogP contribution in [0, 0.1) is 0 Å². The highest BCUT2D eigenvalue weighted by Gasteiger charge is 2.14. The van der Waals surface area contributed by atoms with Gasteiger partial charge in [-0.15, -0.1) is 0 Å². The molecule has 4 nitrogen and oxygen atoms in total. The van der Waals surface area contributed by atoms with Crippen molar-refractivity contribution >= 4 is 16.9 Å². The summed E-state index contributed by atoms with van der Waals surface area (Å²) in [6.07, 6.45) is 2.50. The molecule has 0 radical (unpaired) electrons. The number of para-hydroxylation sites is 1. The molecule has 0 unspecified atom stereocenters. The van der Waals surface area contributed by atoms with E-state index < -0.39 is 0 Å². The van der Waals surface area contributed by atoms with Crippen LogP contribution in [0.1, 0.15) is 12.8 Å². The topological polar surface area (TPSA) is 56.8 Å². The van der Waals surface area contributed by atoms with E-state index in [4.69, 9.17) is 15.2 Å². The first-order chi connectivity index (χ1) is 9.34. The molecule has 0 amide bonds. The highest BCUT2D eigenvalue weighted by atomic mass is 32.2. The summed E-state index contributed by atoms with van der Waals surface area (Å²) in [5.41, 5.74) is 5.83. The zero-order chi connectivity index (χ0) is 13.3. The molecule has 1 aromatic rings. The third-order valence-electron chi connectivity index (χ3n) is 2.82. The van der Waals surface area contributed by atoms with Crippen LogP contribution in [0.15, 0.2) is 35.3 Å². The standard InChI is InChI=1S/C14H20N2O2S/c15-14(16-11-13-7-4-8-17-13)19-10-9-18-12-5-2-1-3-6-12/h1-3,5-6,13H,4,7-11H2,(H2,15,16)/t13-/m1/s1. The molecule has 1 atom stereocenters. The summed E-state index contributed by atoms with van der Waals surface area (Å²) < 4.78 is 11.1. The Balaban J connectivity index is 1.58. The molecule has 0 spiro atoms. The molecular formula is C14H20N2O2S. The second-order valence-electron chi connectivity index (χ2n) is 4.32. The summed E-state index contributed by atoms with van der Waals surface area (Å²) in [5, 5.41) is 0.618. The second-order valence-corrected chi connectivity index (χ2v) is 5.44. The number of nitrogens with two attached hydrogens (primary N) is 1. The first-order valence-corrected chi connectivity index (χ1v) is 7.55. The zero-order valence-corrected chi connectivity index (χ0v) is 11.8. The Labute approximate surface area is 118 Å². The summed E-state index contributed by atoms with van der Waals surface area (Å²) in [5.74, 6) is 1.69. The summed E-state index contributed by atoms with van der Waals surface area (Å²) >= 11 is 1.53. The van der Waals surface area contributed by atoms with E-state index in [-0.39, 0.29) is 6.10 Å². The maximum Gasteiger partial charge on any atom is 0.154 e. The number of rotatable bonds is 6. The second kappa shape index (κ2) is 8.07. The molecule has 1 saturated heterocycles. The lowest BCUT2D eigenvalue weighted by atomic mass is 10.2. The maximum absolute atomic E-state index is 5.83. The number of hydrogen-bond acceptors (Lipinski definition) is 4. The highest BCUT2D eigenvalue weighted by molar-refractivity contribution is 8.13. The van der Waals surface area contributed by atoms with E-state index in [1.165, 1.54) is 11.8 Å². The van der Waals surface area contributed by atoms with Gasteiger partial charge in [-0.3, -0.25) is 4.99 Å². The van der Waals surface area contributed by atoms with E-state index >= 15 is 0 Å². The van der Waals surface area contributed by atoms with Gasteiger partial charge in [0, 0.05) is 12.4 Å². The first-order valence-electron chi connectivity index (χ1n) is 6.57. The van der Waals surface area contributed by atoms with Crippen molar-refractivity contribution in [3.63, 3.8) is 0 Å². The molecule has 5 heteroatoms. The third-order valence-corrected chi connectivity index (χ3v) is 3.62. The van der Waals surface area contributed by atoms with Crippen molar-refractivity contribution in [1.82, 2.24) is 0 Å². The number of nitrogens with zero attached hydrogens (tertiary/aromatic N) is 1. The van der Waals surface area contributed by atoms with Gasteiger partial charge in [-0.1, -0.05) is 30.0 Å². The van der Waals surface area contributed by atoms with Gasteiger partial charge in [-0.2, -0.15) is 0 Å². The van der Waals surface area contributed by atoms with Gasteiger partial charge in [0.1, 0.15) is 5.75 Å². The molecule has 0 saturated carbocycles. The number of thioether (sulfide) groups is 1. The minimum atomic E-state index is 0.264. The van der Waals surface area contributed by atoms with Crippen molar-refractivity contribution in [2.75, 3.05) is 25.5 Å². The molecule has 1 aromatic carbocycles. The summed E-state index contributed by atoms with van der Waals surface area (Å²) in [6, 6.07) is 9.77. The van der Waals surface area contributed by atoms with Crippen molar-refractivity contribution < 1.29 is 9.47 Å². The van der Waals surface area contributed by atoms with Crippen LogP contribution in [0.4, 0.5) is 0 Å². The molecule has 1 aliphatic rings. The lowest BCUT2D eigenvalue weighted by Gasteiger charge is -2.07. The Kier molecular flexibility index (Phi) is 6.04. The summed E-state index contributed by atoms with van der Waals surface area (Å²) in [6.45, 7) is 2.17. The van der Waals surface area contributed by atoms with Crippen LogP contribution in [0.3, 0.4) is 0 Å². The van der Waals surface area contributed by atoms with Gasteiger partial charge in [0.2, 0.25) is 0 Å². The van der Waals surface area contributed by atoms with Crippen molar-refractivity contribution in [2.24, 2.45) is 10.7 Å². The third kappa shape index (κ3) is 5.53. The normalized spacial score (nSPS) is 19.6. The van der Waals surface area contributed by atoms with E-state index in [1.807, 2.05) is 30.3 Å². The van der Waals surface area contributed by atoms with Crippen molar-refractivity contribution in [2.45, 2.75) is 18.9 Å². The van der Waals surface area contributed by atoms with E-state index in [1.54, 1.807) is 0 Å². The van der Waals surface area contributed by atoms with E-state index in [9.17, 15) is 0 Å². The van der Waals surface area contributed by atoms with Crippen LogP contribution in [0.5, 0.6) is 5.75 Å². The predicted molar refractivity (Wildman–Crippen MR) is 79.9 cm³/mol.